The van der Waals surface area contributed by atoms with Gasteiger partial charge in [0.05, 0.1) is 5.97 Å². The van der Waals surface area contributed by atoms with Crippen molar-refractivity contribution in [2.24, 2.45) is 0 Å². The zero-order chi connectivity index (χ0) is 20.5. The van der Waals surface area contributed by atoms with Crippen LogP contribution in [-0.4, -0.2) is 22.5 Å². The number of ether oxygens (including phenoxy) is 1. The third-order valence-electron chi connectivity index (χ3n) is 5.44. The summed E-state index contributed by atoms with van der Waals surface area (Å²) in [5.41, 5.74) is 5.18. The van der Waals surface area contributed by atoms with Gasteiger partial charge in [-0.15, -0.1) is 0 Å². The van der Waals surface area contributed by atoms with Gasteiger partial charge in [-0.2, -0.15) is 0 Å². The van der Waals surface area contributed by atoms with Gasteiger partial charge in [0.1, 0.15) is 12.4 Å². The van der Waals surface area contributed by atoms with Gasteiger partial charge in [0.2, 0.25) is 0 Å². The van der Waals surface area contributed by atoms with Crippen molar-refractivity contribution in [1.29, 1.82) is 0 Å². The molecule has 5 heteroatoms. The first-order chi connectivity index (χ1) is 14.7. The SMILES string of the molecule is O=C([O-])COc1ccccc1C(c1c[nH]c2ccccc12)c1c[nH]c2ccccc12. The zero-order valence-corrected chi connectivity index (χ0v) is 16.1. The second-order valence-electron chi connectivity index (χ2n) is 7.21. The highest BCUT2D eigenvalue weighted by Crippen LogP contribution is 2.42. The van der Waals surface area contributed by atoms with Gasteiger partial charge in [-0.1, -0.05) is 54.6 Å². The van der Waals surface area contributed by atoms with Crippen LogP contribution in [0.3, 0.4) is 0 Å². The number of fused-ring (bicyclic) bond motifs is 2. The van der Waals surface area contributed by atoms with Crippen molar-refractivity contribution >= 4 is 27.8 Å². The lowest BCUT2D eigenvalue weighted by Crippen LogP contribution is -2.29. The van der Waals surface area contributed by atoms with E-state index in [0.717, 1.165) is 38.5 Å². The maximum absolute atomic E-state index is 11.0. The number of rotatable bonds is 6. The Morgan fingerprint density at radius 2 is 1.30 bits per heavy atom. The van der Waals surface area contributed by atoms with Gasteiger partial charge in [0, 0.05) is 45.7 Å². The van der Waals surface area contributed by atoms with Crippen LogP contribution >= 0.6 is 0 Å². The van der Waals surface area contributed by atoms with Crippen LogP contribution in [0.25, 0.3) is 21.8 Å². The van der Waals surface area contributed by atoms with Crippen molar-refractivity contribution in [3.8, 4) is 5.75 Å². The monoisotopic (exact) mass is 395 g/mol. The lowest BCUT2D eigenvalue weighted by atomic mass is 9.84. The fourth-order valence-electron chi connectivity index (χ4n) is 4.16. The van der Waals surface area contributed by atoms with Gasteiger partial charge in [-0.25, -0.2) is 0 Å². The van der Waals surface area contributed by atoms with Crippen LogP contribution in [0, 0.1) is 0 Å². The molecule has 0 saturated carbocycles. The molecule has 0 amide bonds. The highest BCUT2D eigenvalue weighted by molar-refractivity contribution is 5.89. The van der Waals surface area contributed by atoms with Crippen molar-refractivity contribution in [2.45, 2.75) is 5.92 Å². The lowest BCUT2D eigenvalue weighted by molar-refractivity contribution is -0.307. The van der Waals surface area contributed by atoms with E-state index < -0.39 is 12.6 Å². The van der Waals surface area contributed by atoms with Gasteiger partial charge >= 0.3 is 0 Å². The fraction of sp³-hybridized carbons (Fsp3) is 0.0800. The van der Waals surface area contributed by atoms with Crippen LogP contribution in [0.15, 0.2) is 85.2 Å². The summed E-state index contributed by atoms with van der Waals surface area (Å²) in [6.07, 6.45) is 4.04. The van der Waals surface area contributed by atoms with Crippen LogP contribution in [0.1, 0.15) is 22.6 Å². The number of aliphatic carboxylic acids is 1. The van der Waals surface area contributed by atoms with Gasteiger partial charge in [0.25, 0.3) is 0 Å². The molecule has 3 aromatic carbocycles. The number of aromatic nitrogens is 2. The van der Waals surface area contributed by atoms with Crippen molar-refractivity contribution in [3.63, 3.8) is 0 Å². The molecule has 0 aliphatic carbocycles. The van der Waals surface area contributed by atoms with E-state index in [-0.39, 0.29) is 5.92 Å². The molecule has 5 nitrogen and oxygen atoms in total. The highest BCUT2D eigenvalue weighted by atomic mass is 16.5. The van der Waals surface area contributed by atoms with Crippen LogP contribution in [-0.2, 0) is 4.79 Å². The lowest BCUT2D eigenvalue weighted by Gasteiger charge is -2.21. The summed E-state index contributed by atoms with van der Waals surface area (Å²) >= 11 is 0. The van der Waals surface area contributed by atoms with E-state index in [0.29, 0.717) is 5.75 Å². The van der Waals surface area contributed by atoms with Crippen molar-refractivity contribution in [2.75, 3.05) is 6.61 Å². The Balaban J connectivity index is 1.75. The first-order valence-electron chi connectivity index (χ1n) is 9.76. The average molecular weight is 395 g/mol. The number of carbonyl (C=O) groups excluding carboxylic acids is 1. The van der Waals surface area contributed by atoms with E-state index in [1.165, 1.54) is 0 Å². The van der Waals surface area contributed by atoms with E-state index in [4.69, 9.17) is 4.74 Å². The molecule has 2 N–H and O–H groups in total. The molecule has 2 heterocycles. The number of aromatic amines is 2. The van der Waals surface area contributed by atoms with Crippen LogP contribution in [0.4, 0.5) is 0 Å². The molecule has 0 atom stereocenters. The number of carboxylic acid groups (broad SMARTS) is 1. The van der Waals surface area contributed by atoms with Gasteiger partial charge in [0.15, 0.2) is 0 Å². The predicted octanol–water partition coefficient (Wildman–Crippen LogP) is 3.96. The van der Waals surface area contributed by atoms with Crippen molar-refractivity contribution < 1.29 is 14.6 Å². The molecular formula is C25H19N2O3-. The molecule has 0 unspecified atom stereocenters. The number of H-pyrrole nitrogens is 2. The Morgan fingerprint density at radius 1 is 0.767 bits per heavy atom. The molecule has 5 aromatic rings. The fourth-order valence-corrected chi connectivity index (χ4v) is 4.16. The van der Waals surface area contributed by atoms with Gasteiger partial charge in [-0.3, -0.25) is 0 Å². The van der Waals surface area contributed by atoms with Crippen LogP contribution in [0.5, 0.6) is 5.75 Å². The summed E-state index contributed by atoms with van der Waals surface area (Å²) in [5.74, 6) is -0.877. The highest BCUT2D eigenvalue weighted by Gasteiger charge is 2.25. The molecule has 0 fully saturated rings. The van der Waals surface area contributed by atoms with Gasteiger partial charge in [-0.05, 0) is 29.3 Å². The molecule has 148 valence electrons. The second kappa shape index (κ2) is 7.44. The largest absolute Gasteiger partial charge is 0.546 e. The maximum atomic E-state index is 11.0. The summed E-state index contributed by atoms with van der Waals surface area (Å²) in [5, 5.41) is 13.2. The van der Waals surface area contributed by atoms with Crippen LogP contribution < -0.4 is 9.84 Å². The van der Waals surface area contributed by atoms with E-state index in [2.05, 4.69) is 22.1 Å². The minimum Gasteiger partial charge on any atom is -0.546 e. The smallest absolute Gasteiger partial charge is 0.128 e. The summed E-state index contributed by atoms with van der Waals surface area (Å²) in [6.45, 7) is -0.495. The molecule has 0 bridgehead atoms. The van der Waals surface area contributed by atoms with E-state index >= 15 is 0 Å². The minimum absolute atomic E-state index is 0.157. The predicted molar refractivity (Wildman–Crippen MR) is 114 cm³/mol. The van der Waals surface area contributed by atoms with Crippen molar-refractivity contribution in [3.05, 3.63) is 102 Å². The van der Waals surface area contributed by atoms with E-state index in [1.54, 1.807) is 6.07 Å². The Bertz CT molecular complexity index is 1270. The molecule has 0 radical (unpaired) electrons. The summed E-state index contributed by atoms with van der Waals surface area (Å²) in [7, 11) is 0. The second-order valence-corrected chi connectivity index (χ2v) is 7.21. The molecule has 0 spiro atoms. The minimum atomic E-state index is -1.25. The third-order valence-corrected chi connectivity index (χ3v) is 5.44. The number of carbonyl (C=O) groups is 1. The van der Waals surface area contributed by atoms with Crippen LogP contribution in [0.2, 0.25) is 0 Å². The summed E-state index contributed by atoms with van der Waals surface area (Å²) < 4.78 is 5.62. The van der Waals surface area contributed by atoms with Crippen molar-refractivity contribution in [1.82, 2.24) is 9.97 Å². The average Bonchev–Trinajstić information content (AvgIpc) is 3.39. The number of benzene rings is 3. The summed E-state index contributed by atoms with van der Waals surface area (Å²) in [4.78, 5) is 17.7. The quantitative estimate of drug-likeness (QED) is 0.457. The number of para-hydroxylation sites is 3. The molecule has 5 rings (SSSR count). The Kier molecular flexibility index (Phi) is 4.48. The standard InChI is InChI=1S/C25H20N2O3/c28-24(29)15-30-23-12-6-3-9-18(23)25(19-13-26-21-10-4-1-7-16(19)21)20-14-27-22-11-5-2-8-17(20)22/h1-14,25-27H,15H2,(H,28,29)/p-1. The zero-order valence-electron chi connectivity index (χ0n) is 16.1. The van der Waals surface area contributed by atoms with E-state index in [1.807, 2.05) is 67.0 Å². The van der Waals surface area contributed by atoms with E-state index in [9.17, 15) is 9.90 Å². The summed E-state index contributed by atoms with van der Waals surface area (Å²) in [6, 6.07) is 23.9. The molecule has 30 heavy (non-hydrogen) atoms. The number of carboxylic acids is 1. The molecular weight excluding hydrogens is 376 g/mol. The Morgan fingerprint density at radius 3 is 1.90 bits per heavy atom. The molecule has 0 aliphatic heterocycles. The first kappa shape index (κ1) is 18.1. The molecule has 0 aliphatic rings. The first-order valence-corrected chi connectivity index (χ1v) is 9.76. The topological polar surface area (TPSA) is 80.9 Å². The van der Waals surface area contributed by atoms with Gasteiger partial charge < -0.3 is 24.6 Å². The Hall–Kier alpha value is -3.99. The number of nitrogens with one attached hydrogen (secondary N) is 2. The molecule has 0 saturated heterocycles. The molecule has 2 aromatic heterocycles. The Labute approximate surface area is 172 Å². The normalized spacial score (nSPS) is 11.4. The number of hydrogen-bond donors (Lipinski definition) is 2. The number of hydrogen-bond acceptors (Lipinski definition) is 3. The third kappa shape index (κ3) is 3.10. The maximum Gasteiger partial charge on any atom is 0.128 e.